The molecule has 0 bridgehead atoms. The van der Waals surface area contributed by atoms with Crippen LogP contribution in [0.5, 0.6) is 0 Å². The van der Waals surface area contributed by atoms with E-state index in [1.165, 1.54) is 29.2 Å². The van der Waals surface area contributed by atoms with Gasteiger partial charge in [0.1, 0.15) is 11.8 Å². The second-order valence-electron chi connectivity index (χ2n) is 7.72. The summed E-state index contributed by atoms with van der Waals surface area (Å²) in [6.07, 6.45) is 3.04. The molecular weight excluding hydrogens is 378 g/mol. The average Bonchev–Trinajstić information content (AvgIpc) is 3.09. The van der Waals surface area contributed by atoms with Crippen LogP contribution in [0.4, 0.5) is 5.69 Å². The zero-order valence-corrected chi connectivity index (χ0v) is 16.8. The van der Waals surface area contributed by atoms with E-state index in [1.807, 2.05) is 0 Å². The predicted octanol–water partition coefficient (Wildman–Crippen LogP) is 2.10. The van der Waals surface area contributed by atoms with Gasteiger partial charge in [0.15, 0.2) is 0 Å². The zero-order chi connectivity index (χ0) is 21.0. The summed E-state index contributed by atoms with van der Waals surface area (Å²) < 4.78 is 11.0. The highest BCUT2D eigenvalue weighted by Gasteiger charge is 2.53. The standard InChI is InChI=1S/C20H27N3O6/c1-14-6-8-20(9-7-14)22(17(13-29-20)18(24)21-10-11-28-2)19(25)15-4-3-5-16(12-15)23(26)27/h3-5,12,14,17H,6-11,13H2,1-2H3,(H,21,24)/t14?,17-,20?/m0/s1. The van der Waals surface area contributed by atoms with Gasteiger partial charge in [-0.2, -0.15) is 0 Å². The topological polar surface area (TPSA) is 111 Å². The number of hydrogen-bond acceptors (Lipinski definition) is 6. The van der Waals surface area contributed by atoms with Gasteiger partial charge in [-0.1, -0.05) is 13.0 Å². The summed E-state index contributed by atoms with van der Waals surface area (Å²) in [7, 11) is 1.54. The molecule has 0 aromatic heterocycles. The molecule has 9 heteroatoms. The van der Waals surface area contributed by atoms with Crippen LogP contribution in [-0.4, -0.2) is 60.3 Å². The van der Waals surface area contributed by atoms with Crippen LogP contribution in [0.25, 0.3) is 0 Å². The molecule has 0 unspecified atom stereocenters. The number of amides is 2. The average molecular weight is 405 g/mol. The summed E-state index contributed by atoms with van der Waals surface area (Å²) in [4.78, 5) is 38.3. The maximum Gasteiger partial charge on any atom is 0.270 e. The number of ether oxygens (including phenoxy) is 2. The molecule has 1 saturated carbocycles. The summed E-state index contributed by atoms with van der Waals surface area (Å²) in [6.45, 7) is 2.95. The first-order chi connectivity index (χ1) is 13.9. The molecule has 9 nitrogen and oxygen atoms in total. The van der Waals surface area contributed by atoms with Gasteiger partial charge in [-0.15, -0.1) is 0 Å². The van der Waals surface area contributed by atoms with Gasteiger partial charge in [0, 0.05) is 31.4 Å². The van der Waals surface area contributed by atoms with Gasteiger partial charge in [0.2, 0.25) is 5.91 Å². The number of methoxy groups -OCH3 is 1. The molecule has 29 heavy (non-hydrogen) atoms. The quantitative estimate of drug-likeness (QED) is 0.441. The largest absolute Gasteiger partial charge is 0.383 e. The van der Waals surface area contributed by atoms with E-state index in [2.05, 4.69) is 12.2 Å². The van der Waals surface area contributed by atoms with E-state index in [9.17, 15) is 19.7 Å². The smallest absolute Gasteiger partial charge is 0.270 e. The third-order valence-electron chi connectivity index (χ3n) is 5.75. The van der Waals surface area contributed by atoms with Crippen molar-refractivity contribution in [3.63, 3.8) is 0 Å². The lowest BCUT2D eigenvalue weighted by atomic mass is 9.83. The lowest BCUT2D eigenvalue weighted by Crippen LogP contribution is -2.57. The highest BCUT2D eigenvalue weighted by Crippen LogP contribution is 2.43. The van der Waals surface area contributed by atoms with E-state index in [0.29, 0.717) is 31.9 Å². The van der Waals surface area contributed by atoms with Crippen LogP contribution in [0.3, 0.4) is 0 Å². The molecule has 1 spiro atoms. The minimum atomic E-state index is -0.850. The molecule has 2 fully saturated rings. The fourth-order valence-electron chi connectivity index (χ4n) is 4.07. The molecule has 1 N–H and O–H groups in total. The van der Waals surface area contributed by atoms with Crippen LogP contribution < -0.4 is 5.32 Å². The Morgan fingerprint density at radius 3 is 2.76 bits per heavy atom. The highest BCUT2D eigenvalue weighted by atomic mass is 16.6. The molecular formula is C20H27N3O6. The van der Waals surface area contributed by atoms with Crippen LogP contribution in [0, 0.1) is 16.0 Å². The van der Waals surface area contributed by atoms with Crippen molar-refractivity contribution >= 4 is 17.5 Å². The van der Waals surface area contributed by atoms with Crippen molar-refractivity contribution in [1.29, 1.82) is 0 Å². The van der Waals surface area contributed by atoms with Crippen molar-refractivity contribution in [1.82, 2.24) is 10.2 Å². The van der Waals surface area contributed by atoms with Gasteiger partial charge in [-0.25, -0.2) is 0 Å². The molecule has 1 aliphatic carbocycles. The zero-order valence-electron chi connectivity index (χ0n) is 16.8. The van der Waals surface area contributed by atoms with E-state index in [-0.39, 0.29) is 23.8 Å². The summed E-state index contributed by atoms with van der Waals surface area (Å²) in [5, 5.41) is 13.9. The Balaban J connectivity index is 1.90. The Morgan fingerprint density at radius 1 is 1.38 bits per heavy atom. The first-order valence-electron chi connectivity index (χ1n) is 9.86. The molecule has 2 amide bonds. The van der Waals surface area contributed by atoms with Crippen molar-refractivity contribution in [2.75, 3.05) is 26.9 Å². The molecule has 1 saturated heterocycles. The SMILES string of the molecule is COCCNC(=O)[C@@H]1COC2(CCC(C)CC2)N1C(=O)c1cccc([N+](=O)[O-])c1. The number of nitrogens with zero attached hydrogens (tertiary/aromatic N) is 2. The Morgan fingerprint density at radius 2 is 2.10 bits per heavy atom. The van der Waals surface area contributed by atoms with E-state index in [0.717, 1.165) is 12.8 Å². The molecule has 1 aliphatic heterocycles. The van der Waals surface area contributed by atoms with E-state index < -0.39 is 22.6 Å². The second-order valence-corrected chi connectivity index (χ2v) is 7.72. The van der Waals surface area contributed by atoms with Gasteiger partial charge in [0.05, 0.1) is 18.1 Å². The highest BCUT2D eigenvalue weighted by molar-refractivity contribution is 5.99. The molecule has 1 atom stereocenters. The van der Waals surface area contributed by atoms with Crippen molar-refractivity contribution in [3.8, 4) is 0 Å². The van der Waals surface area contributed by atoms with Gasteiger partial charge >= 0.3 is 0 Å². The molecule has 1 heterocycles. The fourth-order valence-corrected chi connectivity index (χ4v) is 4.07. The van der Waals surface area contributed by atoms with E-state index in [1.54, 1.807) is 7.11 Å². The molecule has 1 aromatic carbocycles. The molecule has 3 rings (SSSR count). The minimum absolute atomic E-state index is 0.105. The Kier molecular flexibility index (Phi) is 6.49. The number of nitro benzene ring substituents is 1. The first kappa shape index (κ1) is 21.2. The van der Waals surface area contributed by atoms with Crippen molar-refractivity contribution in [3.05, 3.63) is 39.9 Å². The van der Waals surface area contributed by atoms with Crippen LogP contribution >= 0.6 is 0 Å². The van der Waals surface area contributed by atoms with Crippen LogP contribution in [-0.2, 0) is 14.3 Å². The Bertz CT molecular complexity index is 775. The number of nitrogens with one attached hydrogen (secondary N) is 1. The maximum absolute atomic E-state index is 13.4. The van der Waals surface area contributed by atoms with Gasteiger partial charge in [-0.3, -0.25) is 24.6 Å². The summed E-state index contributed by atoms with van der Waals surface area (Å²) >= 11 is 0. The fraction of sp³-hybridized carbons (Fsp3) is 0.600. The van der Waals surface area contributed by atoms with Gasteiger partial charge < -0.3 is 14.8 Å². The minimum Gasteiger partial charge on any atom is -0.383 e. The predicted molar refractivity (Wildman–Crippen MR) is 104 cm³/mol. The number of benzene rings is 1. The number of nitro groups is 1. The van der Waals surface area contributed by atoms with Crippen molar-refractivity contribution < 1.29 is 24.0 Å². The third-order valence-corrected chi connectivity index (χ3v) is 5.75. The van der Waals surface area contributed by atoms with E-state index in [4.69, 9.17) is 9.47 Å². The van der Waals surface area contributed by atoms with Crippen LogP contribution in [0.1, 0.15) is 43.0 Å². The number of non-ortho nitro benzene ring substituents is 1. The molecule has 0 radical (unpaired) electrons. The number of carbonyl (C=O) groups is 2. The molecule has 2 aliphatic rings. The monoisotopic (exact) mass is 405 g/mol. The van der Waals surface area contributed by atoms with Crippen LogP contribution in [0.2, 0.25) is 0 Å². The number of hydrogen-bond donors (Lipinski definition) is 1. The van der Waals surface area contributed by atoms with Crippen LogP contribution in [0.15, 0.2) is 24.3 Å². The maximum atomic E-state index is 13.4. The second kappa shape index (κ2) is 8.87. The lowest BCUT2D eigenvalue weighted by Gasteiger charge is -2.43. The van der Waals surface area contributed by atoms with Crippen molar-refractivity contribution in [2.24, 2.45) is 5.92 Å². The number of carbonyl (C=O) groups excluding carboxylic acids is 2. The Hall–Kier alpha value is -2.52. The van der Waals surface area contributed by atoms with Gasteiger partial charge in [0.25, 0.3) is 11.6 Å². The molecule has 1 aromatic rings. The normalized spacial score (nSPS) is 26.5. The summed E-state index contributed by atoms with van der Waals surface area (Å²) in [5.41, 5.74) is -0.835. The summed E-state index contributed by atoms with van der Waals surface area (Å²) in [6, 6.07) is 4.81. The molecule has 158 valence electrons. The van der Waals surface area contributed by atoms with Gasteiger partial charge in [-0.05, 0) is 37.7 Å². The number of rotatable bonds is 6. The van der Waals surface area contributed by atoms with Crippen molar-refractivity contribution in [2.45, 2.75) is 44.4 Å². The van der Waals surface area contributed by atoms with E-state index >= 15 is 0 Å². The lowest BCUT2D eigenvalue weighted by molar-refractivity contribution is -0.384. The summed E-state index contributed by atoms with van der Waals surface area (Å²) in [5.74, 6) is -0.211. The third kappa shape index (κ3) is 4.40. The first-order valence-corrected chi connectivity index (χ1v) is 9.86. The Labute approximate surface area is 169 Å².